The van der Waals surface area contributed by atoms with Gasteiger partial charge in [-0.1, -0.05) is 20.3 Å². The van der Waals surface area contributed by atoms with Crippen molar-refractivity contribution in [1.82, 2.24) is 4.90 Å². The summed E-state index contributed by atoms with van der Waals surface area (Å²) < 4.78 is 13.7. The van der Waals surface area contributed by atoms with E-state index in [1.807, 2.05) is 13.8 Å². The molecule has 1 amide bonds. The number of nitro groups is 1. The minimum atomic E-state index is -0.733. The molecule has 1 aromatic carbocycles. The Balaban J connectivity index is 3.05. The molecule has 0 saturated heterocycles. The molecule has 1 rings (SSSR count). The molecule has 0 heterocycles. The quantitative estimate of drug-likeness (QED) is 0.594. The summed E-state index contributed by atoms with van der Waals surface area (Å²) >= 11 is 0. The fourth-order valence-corrected chi connectivity index (χ4v) is 1.82. The van der Waals surface area contributed by atoms with Gasteiger partial charge in [0.1, 0.15) is 5.82 Å². The van der Waals surface area contributed by atoms with E-state index < -0.39 is 16.6 Å². The van der Waals surface area contributed by atoms with Gasteiger partial charge in [0.15, 0.2) is 0 Å². The van der Waals surface area contributed by atoms with Gasteiger partial charge < -0.3 is 4.90 Å². The molecular weight excluding hydrogens is 263 g/mol. The molecule has 0 saturated carbocycles. The number of non-ortho nitro benzene ring substituents is 1. The van der Waals surface area contributed by atoms with Crippen LogP contribution in [-0.4, -0.2) is 28.8 Å². The molecule has 0 bridgehead atoms. The Morgan fingerprint density at radius 3 is 2.60 bits per heavy atom. The second kappa shape index (κ2) is 6.98. The molecule has 0 aliphatic carbocycles. The van der Waals surface area contributed by atoms with E-state index >= 15 is 0 Å². The summed E-state index contributed by atoms with van der Waals surface area (Å²) in [7, 11) is 0. The molecule has 5 nitrogen and oxygen atoms in total. The van der Waals surface area contributed by atoms with Crippen LogP contribution < -0.4 is 0 Å². The summed E-state index contributed by atoms with van der Waals surface area (Å²) in [5.41, 5.74) is -0.529. The van der Waals surface area contributed by atoms with Crippen LogP contribution in [-0.2, 0) is 0 Å². The number of carbonyl (C=O) groups is 1. The molecule has 110 valence electrons. The Kier molecular flexibility index (Phi) is 5.61. The lowest BCUT2D eigenvalue weighted by molar-refractivity contribution is -0.384. The topological polar surface area (TPSA) is 63.5 Å². The van der Waals surface area contributed by atoms with Gasteiger partial charge in [-0.3, -0.25) is 14.9 Å². The maximum Gasteiger partial charge on any atom is 0.270 e. The monoisotopic (exact) mass is 282 g/mol. The molecule has 0 aliphatic rings. The third kappa shape index (κ3) is 3.76. The van der Waals surface area contributed by atoms with Gasteiger partial charge in [0, 0.05) is 25.2 Å². The van der Waals surface area contributed by atoms with Gasteiger partial charge in [0.2, 0.25) is 0 Å². The normalized spacial score (nSPS) is 12.0. The largest absolute Gasteiger partial charge is 0.339 e. The number of amides is 1. The van der Waals surface area contributed by atoms with Crippen LogP contribution in [0.15, 0.2) is 18.2 Å². The smallest absolute Gasteiger partial charge is 0.270 e. The summed E-state index contributed by atoms with van der Waals surface area (Å²) in [5.74, 6) is -0.946. The SMILES string of the molecule is CCC(C)CN(CC)C(=O)c1cc([N+](=O)[O-])ccc1F. The summed E-state index contributed by atoms with van der Waals surface area (Å²) in [6.45, 7) is 6.76. The Bertz CT molecular complexity index is 505. The predicted octanol–water partition coefficient (Wildman–Crippen LogP) is 3.24. The molecule has 0 fully saturated rings. The van der Waals surface area contributed by atoms with Gasteiger partial charge in [-0.2, -0.15) is 0 Å². The fourth-order valence-electron chi connectivity index (χ4n) is 1.82. The van der Waals surface area contributed by atoms with Crippen LogP contribution in [0.25, 0.3) is 0 Å². The average Bonchev–Trinajstić information content (AvgIpc) is 2.43. The zero-order valence-corrected chi connectivity index (χ0v) is 11.9. The Hall–Kier alpha value is -1.98. The number of benzene rings is 1. The van der Waals surface area contributed by atoms with Crippen LogP contribution >= 0.6 is 0 Å². The standard InChI is InChI=1S/C14H19FN2O3/c1-4-10(3)9-16(5-2)14(18)12-8-11(17(19)20)6-7-13(12)15/h6-8,10H,4-5,9H2,1-3H3. The van der Waals surface area contributed by atoms with Crippen LogP contribution in [0.1, 0.15) is 37.6 Å². The van der Waals surface area contributed by atoms with Gasteiger partial charge in [-0.25, -0.2) is 4.39 Å². The van der Waals surface area contributed by atoms with E-state index in [2.05, 4.69) is 0 Å². The molecule has 0 spiro atoms. The first-order valence-electron chi connectivity index (χ1n) is 6.63. The number of nitrogens with zero attached hydrogens (tertiary/aromatic N) is 2. The first kappa shape index (κ1) is 16.1. The van der Waals surface area contributed by atoms with E-state index in [0.717, 1.165) is 24.6 Å². The molecule has 0 aliphatic heterocycles. The Morgan fingerprint density at radius 1 is 1.45 bits per heavy atom. The number of carbonyl (C=O) groups excluding carboxylic acids is 1. The van der Waals surface area contributed by atoms with Gasteiger partial charge in [0.25, 0.3) is 11.6 Å². The third-order valence-electron chi connectivity index (χ3n) is 3.29. The van der Waals surface area contributed by atoms with Crippen molar-refractivity contribution in [3.63, 3.8) is 0 Å². The number of nitro benzene ring substituents is 1. The first-order valence-corrected chi connectivity index (χ1v) is 6.63. The minimum absolute atomic E-state index is 0.246. The highest BCUT2D eigenvalue weighted by atomic mass is 19.1. The molecule has 6 heteroatoms. The summed E-state index contributed by atoms with van der Waals surface area (Å²) in [4.78, 5) is 23.9. The van der Waals surface area contributed by atoms with E-state index in [9.17, 15) is 19.3 Å². The summed E-state index contributed by atoms with van der Waals surface area (Å²) in [6, 6.07) is 3.01. The zero-order valence-electron chi connectivity index (χ0n) is 11.9. The van der Waals surface area contributed by atoms with E-state index in [1.54, 1.807) is 6.92 Å². The lowest BCUT2D eigenvalue weighted by Gasteiger charge is -2.24. The van der Waals surface area contributed by atoms with E-state index in [0.29, 0.717) is 19.0 Å². The number of rotatable bonds is 6. The summed E-state index contributed by atoms with van der Waals surface area (Å²) in [5, 5.41) is 10.7. The van der Waals surface area contributed by atoms with Crippen molar-refractivity contribution >= 4 is 11.6 Å². The van der Waals surface area contributed by atoms with Crippen molar-refractivity contribution in [2.75, 3.05) is 13.1 Å². The van der Waals surface area contributed by atoms with Gasteiger partial charge >= 0.3 is 0 Å². The van der Waals surface area contributed by atoms with Crippen molar-refractivity contribution in [2.24, 2.45) is 5.92 Å². The van der Waals surface area contributed by atoms with Crippen LogP contribution in [0.3, 0.4) is 0 Å². The van der Waals surface area contributed by atoms with Crippen molar-refractivity contribution in [2.45, 2.75) is 27.2 Å². The van der Waals surface area contributed by atoms with Gasteiger partial charge in [0.05, 0.1) is 10.5 Å². The summed E-state index contributed by atoms with van der Waals surface area (Å²) in [6.07, 6.45) is 0.904. The fraction of sp³-hybridized carbons (Fsp3) is 0.500. The molecule has 0 N–H and O–H groups in total. The van der Waals surface area contributed by atoms with Crippen molar-refractivity contribution in [3.05, 3.63) is 39.7 Å². The molecule has 1 unspecified atom stereocenters. The predicted molar refractivity (Wildman–Crippen MR) is 74.1 cm³/mol. The first-order chi connectivity index (χ1) is 9.40. The second-order valence-corrected chi connectivity index (χ2v) is 4.78. The van der Waals surface area contributed by atoms with Crippen LogP contribution in [0, 0.1) is 21.8 Å². The molecular formula is C14H19FN2O3. The Morgan fingerprint density at radius 2 is 2.10 bits per heavy atom. The molecule has 0 radical (unpaired) electrons. The molecule has 1 atom stereocenters. The second-order valence-electron chi connectivity index (χ2n) is 4.78. The van der Waals surface area contributed by atoms with E-state index in [-0.39, 0.29) is 11.3 Å². The zero-order chi connectivity index (χ0) is 15.3. The molecule has 0 aromatic heterocycles. The number of hydrogen-bond donors (Lipinski definition) is 0. The Labute approximate surface area is 117 Å². The van der Waals surface area contributed by atoms with Crippen LogP contribution in [0.5, 0.6) is 0 Å². The maximum atomic E-state index is 13.7. The molecule has 1 aromatic rings. The van der Waals surface area contributed by atoms with Gasteiger partial charge in [-0.15, -0.1) is 0 Å². The van der Waals surface area contributed by atoms with Crippen molar-refractivity contribution in [3.8, 4) is 0 Å². The number of hydrogen-bond acceptors (Lipinski definition) is 3. The lowest BCUT2D eigenvalue weighted by atomic mass is 10.1. The van der Waals surface area contributed by atoms with Crippen molar-refractivity contribution < 1.29 is 14.1 Å². The van der Waals surface area contributed by atoms with Gasteiger partial charge in [-0.05, 0) is 18.9 Å². The lowest BCUT2D eigenvalue weighted by Crippen LogP contribution is -2.35. The third-order valence-corrected chi connectivity index (χ3v) is 3.29. The number of halogens is 1. The van der Waals surface area contributed by atoms with Crippen LogP contribution in [0.4, 0.5) is 10.1 Å². The van der Waals surface area contributed by atoms with E-state index in [1.165, 1.54) is 4.90 Å². The highest BCUT2D eigenvalue weighted by Crippen LogP contribution is 2.19. The maximum absolute atomic E-state index is 13.7. The highest BCUT2D eigenvalue weighted by Gasteiger charge is 2.22. The minimum Gasteiger partial charge on any atom is -0.339 e. The average molecular weight is 282 g/mol. The molecule has 20 heavy (non-hydrogen) atoms. The van der Waals surface area contributed by atoms with Crippen LogP contribution in [0.2, 0.25) is 0 Å². The highest BCUT2D eigenvalue weighted by molar-refractivity contribution is 5.95. The van der Waals surface area contributed by atoms with E-state index in [4.69, 9.17) is 0 Å². The van der Waals surface area contributed by atoms with Crippen molar-refractivity contribution in [1.29, 1.82) is 0 Å².